The number of aryl methyl sites for hydroxylation is 1. The predicted octanol–water partition coefficient (Wildman–Crippen LogP) is 4.18. The fraction of sp³-hybridized carbons (Fsp3) is 0.520. The van der Waals surface area contributed by atoms with Gasteiger partial charge in [-0.3, -0.25) is 4.98 Å². The second kappa shape index (κ2) is 11.1. The number of hydrogen-bond donors (Lipinski definition) is 3. The summed E-state index contributed by atoms with van der Waals surface area (Å²) in [5.41, 5.74) is 6.97. The van der Waals surface area contributed by atoms with E-state index in [0.717, 1.165) is 27.4 Å². The van der Waals surface area contributed by atoms with E-state index in [1.807, 2.05) is 32.9 Å². The number of fused-ring (bicyclic) bond motifs is 2. The number of benzene rings is 1. The number of imidazole rings is 1. The Kier molecular flexibility index (Phi) is 7.87. The molecule has 4 N–H and O–H groups in total. The number of nitrogens with zero attached hydrogens (tertiary/aromatic N) is 3. The molecule has 1 unspecified atom stereocenters. The second-order valence-electron chi connectivity index (χ2n) is 10.3. The molecule has 3 aromatic rings. The number of aromatic nitrogens is 4. The first kappa shape index (κ1) is 26.8. The molecule has 204 valence electrons. The van der Waals surface area contributed by atoms with Gasteiger partial charge in [0.05, 0.1) is 6.54 Å². The monoisotopic (exact) mass is 607 g/mol. The molecule has 0 spiro atoms. The molecular weight excluding hydrogens is 576 g/mol. The van der Waals surface area contributed by atoms with Gasteiger partial charge in [-0.25, -0.2) is 9.36 Å². The van der Waals surface area contributed by atoms with Crippen LogP contribution >= 0.6 is 27.7 Å². The molecular formula is C25H32BrN6O5S+. The third-order valence-electron chi connectivity index (χ3n) is 6.42. The molecule has 38 heavy (non-hydrogen) atoms. The number of anilines is 1. The lowest BCUT2D eigenvalue weighted by atomic mass is 9.89. The van der Waals surface area contributed by atoms with Crippen LogP contribution in [0.4, 0.5) is 10.6 Å². The molecule has 0 bridgehead atoms. The average molecular weight is 609 g/mol. The van der Waals surface area contributed by atoms with Gasteiger partial charge in [-0.2, -0.15) is 4.98 Å². The molecule has 2 aliphatic rings. The van der Waals surface area contributed by atoms with Gasteiger partial charge >= 0.3 is 11.7 Å². The topological polar surface area (TPSA) is 137 Å². The van der Waals surface area contributed by atoms with Crippen molar-refractivity contribution in [2.75, 3.05) is 25.7 Å². The Morgan fingerprint density at radius 3 is 2.76 bits per heavy atom. The van der Waals surface area contributed by atoms with E-state index in [0.29, 0.717) is 54.7 Å². The smallest absolute Gasteiger partial charge is 0.407 e. The van der Waals surface area contributed by atoms with Crippen LogP contribution in [-0.4, -0.2) is 52.7 Å². The minimum Gasteiger partial charge on any atom is -0.454 e. The number of halogens is 1. The Labute approximate surface area is 233 Å². The molecule has 5 rings (SSSR count). The van der Waals surface area contributed by atoms with E-state index in [1.54, 1.807) is 0 Å². The van der Waals surface area contributed by atoms with E-state index < -0.39 is 11.7 Å². The molecule has 0 saturated carbocycles. The van der Waals surface area contributed by atoms with Crippen molar-refractivity contribution in [3.05, 3.63) is 22.9 Å². The fourth-order valence-corrected chi connectivity index (χ4v) is 6.16. The highest BCUT2D eigenvalue weighted by Gasteiger charge is 2.30. The number of carbonyl (C=O) groups is 1. The molecule has 1 aromatic carbocycles. The van der Waals surface area contributed by atoms with Crippen LogP contribution < -0.4 is 25.1 Å². The van der Waals surface area contributed by atoms with Crippen molar-refractivity contribution in [3.63, 3.8) is 0 Å². The number of alkyl carbamates (subject to hydrolysis) is 1. The number of amides is 1. The standard InChI is InChI=1S/C25H31BrN6O5S/c1-25(2,3)37-24(33)30-16(14-5-8-34-9-6-14)4-7-32-22-20(21(27)28-12-29-22)31-23(32)38-19-11-18-17(10-15(19)26)35-13-36-18/h10-12,14,16H,4-9,13H2,1-3H3,(H3,27,28,29,30,33)/p+1. The van der Waals surface area contributed by atoms with Crippen molar-refractivity contribution in [1.29, 1.82) is 0 Å². The molecule has 4 heterocycles. The van der Waals surface area contributed by atoms with Gasteiger partial charge in [-0.05, 0) is 85.8 Å². The molecule has 2 aliphatic heterocycles. The maximum atomic E-state index is 12.7. The molecule has 1 atom stereocenters. The Bertz CT molecular complexity index is 1320. The first-order valence-electron chi connectivity index (χ1n) is 12.5. The number of rotatable bonds is 7. The number of ether oxygens (including phenoxy) is 4. The van der Waals surface area contributed by atoms with Gasteiger partial charge in [0.2, 0.25) is 12.3 Å². The lowest BCUT2D eigenvalue weighted by molar-refractivity contribution is -0.711. The van der Waals surface area contributed by atoms with Crippen molar-refractivity contribution in [2.45, 2.75) is 68.3 Å². The molecule has 0 radical (unpaired) electrons. The van der Waals surface area contributed by atoms with Crippen molar-refractivity contribution < 1.29 is 28.3 Å². The molecule has 1 fully saturated rings. The molecule has 0 aliphatic carbocycles. The summed E-state index contributed by atoms with van der Waals surface area (Å²) in [4.78, 5) is 25.7. The summed E-state index contributed by atoms with van der Waals surface area (Å²) in [6.45, 7) is 7.73. The van der Waals surface area contributed by atoms with Crippen molar-refractivity contribution >= 4 is 50.8 Å². The highest BCUT2D eigenvalue weighted by Crippen LogP contribution is 2.42. The third-order valence-corrected chi connectivity index (χ3v) is 8.42. The summed E-state index contributed by atoms with van der Waals surface area (Å²) < 4.78 is 25.2. The normalized spacial score (nSPS) is 16.5. The van der Waals surface area contributed by atoms with Crippen LogP contribution in [0.15, 0.2) is 33.0 Å². The van der Waals surface area contributed by atoms with Gasteiger partial charge < -0.3 is 30.0 Å². The lowest BCUT2D eigenvalue weighted by Gasteiger charge is -2.31. The van der Waals surface area contributed by atoms with Crippen LogP contribution in [0, 0.1) is 5.92 Å². The quantitative estimate of drug-likeness (QED) is 0.338. The number of nitrogen functional groups attached to an aromatic ring is 1. The van der Waals surface area contributed by atoms with Gasteiger partial charge in [0.1, 0.15) is 5.60 Å². The highest BCUT2D eigenvalue weighted by atomic mass is 79.9. The number of nitrogens with two attached hydrogens (primary N) is 1. The maximum Gasteiger partial charge on any atom is 0.407 e. The number of hydrogen-bond acceptors (Lipinski definition) is 9. The Morgan fingerprint density at radius 1 is 1.29 bits per heavy atom. The summed E-state index contributed by atoms with van der Waals surface area (Å²) in [6, 6.07) is 3.75. The molecule has 1 amide bonds. The highest BCUT2D eigenvalue weighted by molar-refractivity contribution is 9.10. The number of nitrogens with one attached hydrogen (secondary N) is 2. The Balaban J connectivity index is 1.43. The Hall–Kier alpha value is -2.77. The zero-order valence-corrected chi connectivity index (χ0v) is 24.0. The number of carbonyl (C=O) groups excluding carboxylic acids is 1. The van der Waals surface area contributed by atoms with Gasteiger partial charge in [0.15, 0.2) is 23.6 Å². The minimum atomic E-state index is -0.577. The van der Waals surface area contributed by atoms with E-state index in [2.05, 4.69) is 40.8 Å². The van der Waals surface area contributed by atoms with Gasteiger partial charge in [0.25, 0.3) is 5.16 Å². The van der Waals surface area contributed by atoms with Crippen molar-refractivity contribution in [3.8, 4) is 11.5 Å². The molecule has 2 aromatic heterocycles. The molecule has 13 heteroatoms. The maximum absolute atomic E-state index is 12.7. The minimum absolute atomic E-state index is 0.0967. The predicted molar refractivity (Wildman–Crippen MR) is 144 cm³/mol. The largest absolute Gasteiger partial charge is 0.454 e. The van der Waals surface area contributed by atoms with Gasteiger partial charge in [-0.15, -0.1) is 0 Å². The first-order chi connectivity index (χ1) is 18.2. The Morgan fingerprint density at radius 2 is 2.03 bits per heavy atom. The molecule has 11 nitrogen and oxygen atoms in total. The van der Waals surface area contributed by atoms with Crippen LogP contribution in [0.25, 0.3) is 11.2 Å². The van der Waals surface area contributed by atoms with Crippen LogP contribution in [0.5, 0.6) is 11.5 Å². The number of aromatic amines is 1. The summed E-state index contributed by atoms with van der Waals surface area (Å²) >= 11 is 5.17. The van der Waals surface area contributed by atoms with Crippen molar-refractivity contribution in [2.24, 2.45) is 5.92 Å². The van der Waals surface area contributed by atoms with Crippen LogP contribution in [0.3, 0.4) is 0 Å². The summed E-state index contributed by atoms with van der Waals surface area (Å²) in [6.07, 6.45) is 3.46. The zero-order valence-electron chi connectivity index (χ0n) is 21.6. The van der Waals surface area contributed by atoms with Crippen LogP contribution in [-0.2, 0) is 16.0 Å². The van der Waals surface area contributed by atoms with Crippen LogP contribution in [0.2, 0.25) is 0 Å². The fourth-order valence-electron chi connectivity index (χ4n) is 4.62. The van der Waals surface area contributed by atoms with E-state index in [9.17, 15) is 4.79 Å². The van der Waals surface area contributed by atoms with E-state index in [1.165, 1.54) is 18.1 Å². The zero-order chi connectivity index (χ0) is 26.9. The second-order valence-corrected chi connectivity index (χ2v) is 12.2. The van der Waals surface area contributed by atoms with Gasteiger partial charge in [0, 0.05) is 28.6 Å². The van der Waals surface area contributed by atoms with Crippen LogP contribution in [0.1, 0.15) is 40.0 Å². The van der Waals surface area contributed by atoms with E-state index >= 15 is 0 Å². The molecule has 1 saturated heterocycles. The average Bonchev–Trinajstić information content (AvgIpc) is 3.46. The van der Waals surface area contributed by atoms with E-state index in [-0.39, 0.29) is 18.8 Å². The third kappa shape index (κ3) is 6.10. The van der Waals surface area contributed by atoms with Gasteiger partial charge in [-0.1, -0.05) is 4.98 Å². The van der Waals surface area contributed by atoms with Crippen molar-refractivity contribution in [1.82, 2.24) is 20.3 Å². The lowest BCUT2D eigenvalue weighted by Crippen LogP contribution is -2.47. The first-order valence-corrected chi connectivity index (χ1v) is 14.1. The summed E-state index contributed by atoms with van der Waals surface area (Å²) in [5.74, 6) is 2.04. The summed E-state index contributed by atoms with van der Waals surface area (Å²) in [7, 11) is 0. The van der Waals surface area contributed by atoms with E-state index in [4.69, 9.17) is 24.7 Å². The SMILES string of the molecule is CC(C)(C)OC(=O)NC(CC[n+]1c(Sc2cc3c(cc2Br)OCO3)[nH]c2c(N)ncnc21)C1CCOCC1. The summed E-state index contributed by atoms with van der Waals surface area (Å²) in [5, 5.41) is 3.96. The number of H-pyrrole nitrogens is 1.